The van der Waals surface area contributed by atoms with Gasteiger partial charge < -0.3 is 37.3 Å². The van der Waals surface area contributed by atoms with Gasteiger partial charge in [-0.3, -0.25) is 19.4 Å². The fraction of sp³-hybridized carbons (Fsp3) is 0.325. The molecule has 3 atom stereocenters. The standard InChI is InChI=1S/C40H46ClN9O3S/c1-23-16-25(12-15-44-23)27-17-28-22-47-38(52)35(19-30-24(2)48-32-10-5-4-9-29(30)32)50(3)40(53)34(20-43)49-37(51)33(11-6-13-42)46-21-26-8-7-14-45-39(26)54-36(28)31(41)18-27/h4-5,7-10,12,14-18,33-35,46,48H,6,11,13,19-22,42-43H2,1-3H3,(H,47,52)(H,49,51)/t33-,34-,35-/m0/s1. The van der Waals surface area contributed by atoms with E-state index in [1.54, 1.807) is 19.4 Å². The molecule has 0 saturated carbocycles. The number of aromatic nitrogens is 3. The SMILES string of the molecule is Cc1cc(-c2cc(Cl)c3c(c2)CNC(=O)[C@H](Cc2c(C)[nH]c4ccccc24)N(C)C(=O)[C@H](CN)NC(=O)[C@H](CCCN)NCc2cccnc2S3)ccn1. The number of carbonyl (C=O) groups excluding carboxylic acids is 3. The Bertz CT molecular complexity index is 2160. The highest BCUT2D eigenvalue weighted by Gasteiger charge is 2.34. The van der Waals surface area contributed by atoms with Gasteiger partial charge in [0.25, 0.3) is 0 Å². The topological polar surface area (TPSA) is 184 Å². The maximum Gasteiger partial charge on any atom is 0.246 e. The maximum atomic E-state index is 14.5. The Morgan fingerprint density at radius 3 is 2.50 bits per heavy atom. The molecule has 0 unspecified atom stereocenters. The number of para-hydroxylation sites is 1. The predicted molar refractivity (Wildman–Crippen MR) is 213 cm³/mol. The van der Waals surface area contributed by atoms with Crippen LogP contribution < -0.4 is 27.4 Å². The minimum absolute atomic E-state index is 0.114. The van der Waals surface area contributed by atoms with E-state index in [-0.39, 0.29) is 31.3 Å². The van der Waals surface area contributed by atoms with E-state index in [9.17, 15) is 14.4 Å². The van der Waals surface area contributed by atoms with Gasteiger partial charge in [-0.25, -0.2) is 4.98 Å². The van der Waals surface area contributed by atoms with Crippen LogP contribution >= 0.6 is 23.4 Å². The number of rotatable bonds is 7. The second-order valence-corrected chi connectivity index (χ2v) is 14.9. The van der Waals surface area contributed by atoms with Crippen molar-refractivity contribution in [2.24, 2.45) is 11.5 Å². The smallest absolute Gasteiger partial charge is 0.246 e. The summed E-state index contributed by atoms with van der Waals surface area (Å²) in [5.41, 5.74) is 19.0. The lowest BCUT2D eigenvalue weighted by molar-refractivity contribution is -0.141. The highest BCUT2D eigenvalue weighted by Crippen LogP contribution is 2.40. The molecule has 282 valence electrons. The third kappa shape index (κ3) is 8.77. The molecule has 1 aliphatic heterocycles. The minimum atomic E-state index is -1.07. The number of aromatic amines is 1. The summed E-state index contributed by atoms with van der Waals surface area (Å²) in [5, 5.41) is 11.5. The van der Waals surface area contributed by atoms with E-state index in [1.165, 1.54) is 16.7 Å². The minimum Gasteiger partial charge on any atom is -0.358 e. The van der Waals surface area contributed by atoms with Crippen molar-refractivity contribution in [3.05, 3.63) is 106 Å². The van der Waals surface area contributed by atoms with Gasteiger partial charge in [0, 0.05) is 72.7 Å². The molecule has 0 aliphatic carbocycles. The van der Waals surface area contributed by atoms with Crippen molar-refractivity contribution in [3.63, 3.8) is 0 Å². The number of benzene rings is 2. The van der Waals surface area contributed by atoms with E-state index in [4.69, 9.17) is 28.1 Å². The molecule has 54 heavy (non-hydrogen) atoms. The lowest BCUT2D eigenvalue weighted by Gasteiger charge is -2.31. The Balaban J connectivity index is 1.46. The Labute approximate surface area is 324 Å². The number of amides is 3. The van der Waals surface area contributed by atoms with Gasteiger partial charge in [0.05, 0.1) is 11.1 Å². The van der Waals surface area contributed by atoms with Crippen LogP contribution in [-0.2, 0) is 33.9 Å². The van der Waals surface area contributed by atoms with Crippen LogP contribution in [0.2, 0.25) is 5.02 Å². The van der Waals surface area contributed by atoms with Crippen molar-refractivity contribution in [1.29, 1.82) is 0 Å². The van der Waals surface area contributed by atoms with Crippen molar-refractivity contribution in [2.75, 3.05) is 20.1 Å². The number of likely N-dealkylation sites (N-methyl/N-ethyl adjacent to an activating group) is 1. The number of nitrogens with zero attached hydrogens (tertiary/aromatic N) is 3. The van der Waals surface area contributed by atoms with Crippen LogP contribution in [0, 0.1) is 13.8 Å². The quantitative estimate of drug-likeness (QED) is 0.140. The third-order valence-electron chi connectivity index (χ3n) is 9.80. The zero-order valence-corrected chi connectivity index (χ0v) is 32.2. The molecule has 12 nitrogen and oxygen atoms in total. The summed E-state index contributed by atoms with van der Waals surface area (Å²) in [6.45, 7) is 4.53. The fourth-order valence-electron chi connectivity index (χ4n) is 6.81. The molecule has 4 heterocycles. The number of H-pyrrole nitrogens is 1. The van der Waals surface area contributed by atoms with Crippen LogP contribution in [0.4, 0.5) is 0 Å². The summed E-state index contributed by atoms with van der Waals surface area (Å²) >= 11 is 8.50. The van der Waals surface area contributed by atoms with Crippen molar-refractivity contribution in [2.45, 2.75) is 74.2 Å². The molecule has 0 saturated heterocycles. The highest BCUT2D eigenvalue weighted by molar-refractivity contribution is 7.99. The Kier molecular flexibility index (Phi) is 12.7. The number of carbonyl (C=O) groups is 3. The number of fused-ring (bicyclic) bond motifs is 3. The number of halogens is 1. The van der Waals surface area contributed by atoms with E-state index < -0.39 is 24.0 Å². The number of hydrogen-bond acceptors (Lipinski definition) is 9. The summed E-state index contributed by atoms with van der Waals surface area (Å²) in [6.07, 6.45) is 4.69. The number of hydrogen-bond donors (Lipinski definition) is 6. The number of aryl methyl sites for hydroxylation is 2. The van der Waals surface area contributed by atoms with Crippen LogP contribution in [0.15, 0.2) is 83.0 Å². The van der Waals surface area contributed by atoms with Crippen LogP contribution in [0.25, 0.3) is 22.0 Å². The molecule has 0 bridgehead atoms. The number of nitrogens with two attached hydrogens (primary N) is 2. The van der Waals surface area contributed by atoms with E-state index in [0.29, 0.717) is 36.0 Å². The van der Waals surface area contributed by atoms with Gasteiger partial charge in [0.15, 0.2) is 0 Å². The summed E-state index contributed by atoms with van der Waals surface area (Å²) < 4.78 is 0. The molecule has 3 amide bonds. The van der Waals surface area contributed by atoms with Gasteiger partial charge in [-0.15, -0.1) is 0 Å². The summed E-state index contributed by atoms with van der Waals surface area (Å²) in [4.78, 5) is 57.1. The average molecular weight is 768 g/mol. The van der Waals surface area contributed by atoms with Crippen LogP contribution in [0.5, 0.6) is 0 Å². The van der Waals surface area contributed by atoms with E-state index >= 15 is 0 Å². The molecule has 0 spiro atoms. The molecule has 5 aromatic rings. The Morgan fingerprint density at radius 2 is 1.72 bits per heavy atom. The molecule has 0 radical (unpaired) electrons. The van der Waals surface area contributed by atoms with Gasteiger partial charge in [0.2, 0.25) is 17.7 Å². The van der Waals surface area contributed by atoms with Gasteiger partial charge in [0.1, 0.15) is 17.1 Å². The van der Waals surface area contributed by atoms with Crippen molar-refractivity contribution in [1.82, 2.24) is 35.8 Å². The monoisotopic (exact) mass is 767 g/mol. The normalized spacial score (nSPS) is 18.8. The van der Waals surface area contributed by atoms with Gasteiger partial charge in [-0.05, 0) is 97.4 Å². The molecule has 3 aromatic heterocycles. The maximum absolute atomic E-state index is 14.5. The number of pyridine rings is 2. The predicted octanol–water partition coefficient (Wildman–Crippen LogP) is 4.39. The molecule has 6 rings (SSSR count). The lowest BCUT2D eigenvalue weighted by atomic mass is 9.99. The molecular formula is C40H46ClN9O3S. The van der Waals surface area contributed by atoms with Crippen LogP contribution in [-0.4, -0.2) is 75.8 Å². The first kappa shape index (κ1) is 38.9. The second-order valence-electron chi connectivity index (χ2n) is 13.5. The van der Waals surface area contributed by atoms with Crippen LogP contribution in [0.3, 0.4) is 0 Å². The lowest BCUT2D eigenvalue weighted by Crippen LogP contribution is -2.59. The molecule has 2 aromatic carbocycles. The van der Waals surface area contributed by atoms with Crippen LogP contribution in [0.1, 0.15) is 40.9 Å². The highest BCUT2D eigenvalue weighted by atomic mass is 35.5. The zero-order chi connectivity index (χ0) is 38.4. The molecule has 0 fully saturated rings. The first-order valence-electron chi connectivity index (χ1n) is 18.0. The average Bonchev–Trinajstić information content (AvgIpc) is 3.49. The van der Waals surface area contributed by atoms with Gasteiger partial charge in [-0.2, -0.15) is 0 Å². The Morgan fingerprint density at radius 1 is 0.907 bits per heavy atom. The van der Waals surface area contributed by atoms with Gasteiger partial charge >= 0.3 is 0 Å². The molecule has 8 N–H and O–H groups in total. The second kappa shape index (κ2) is 17.6. The van der Waals surface area contributed by atoms with E-state index in [2.05, 4.69) is 25.9 Å². The van der Waals surface area contributed by atoms with E-state index in [1.807, 2.05) is 74.5 Å². The van der Waals surface area contributed by atoms with Crippen molar-refractivity contribution >= 4 is 52.0 Å². The molecule has 1 aliphatic rings. The summed E-state index contributed by atoms with van der Waals surface area (Å²) in [6, 6.07) is 16.8. The van der Waals surface area contributed by atoms with Crippen molar-refractivity contribution in [3.8, 4) is 11.1 Å². The largest absolute Gasteiger partial charge is 0.358 e. The molecule has 14 heteroatoms. The number of nitrogens with one attached hydrogen (secondary N) is 4. The fourth-order valence-corrected chi connectivity index (χ4v) is 8.16. The third-order valence-corrected chi connectivity index (χ3v) is 11.5. The zero-order valence-electron chi connectivity index (χ0n) is 30.6. The molecular weight excluding hydrogens is 722 g/mol. The van der Waals surface area contributed by atoms with E-state index in [0.717, 1.165) is 55.0 Å². The first-order valence-corrected chi connectivity index (χ1v) is 19.2. The van der Waals surface area contributed by atoms with Crippen molar-refractivity contribution < 1.29 is 14.4 Å². The first-order chi connectivity index (χ1) is 26.1. The summed E-state index contributed by atoms with van der Waals surface area (Å²) in [7, 11) is 1.58. The summed E-state index contributed by atoms with van der Waals surface area (Å²) in [5.74, 6) is -1.24. The van der Waals surface area contributed by atoms with Gasteiger partial charge in [-0.1, -0.05) is 47.6 Å². The Hall–Kier alpha value is -4.79.